The summed E-state index contributed by atoms with van der Waals surface area (Å²) in [6.45, 7) is 3.39. The van der Waals surface area contributed by atoms with Crippen LogP contribution in [0.4, 0.5) is 5.69 Å². The molecule has 1 N–H and O–H groups in total. The molecule has 2 aliphatic rings. The Bertz CT molecular complexity index is 393. The second-order valence-electron chi connectivity index (χ2n) is 4.02. The highest BCUT2D eigenvalue weighted by Crippen LogP contribution is 2.22. The van der Waals surface area contributed by atoms with Crippen molar-refractivity contribution in [2.45, 2.75) is 6.29 Å². The Labute approximate surface area is 95.0 Å². The summed E-state index contributed by atoms with van der Waals surface area (Å²) in [5.74, 6) is 0. The van der Waals surface area contributed by atoms with Gasteiger partial charge in [-0.05, 0) is 17.6 Å². The number of morpholine rings is 1. The van der Waals surface area contributed by atoms with Crippen molar-refractivity contribution in [2.24, 2.45) is 0 Å². The number of aliphatic hydroxyl groups is 1. The first-order valence-corrected chi connectivity index (χ1v) is 5.48. The average molecular weight is 218 g/mol. The first-order chi connectivity index (χ1) is 7.84. The Kier molecular flexibility index (Phi) is 2.59. The minimum absolute atomic E-state index is 0.778. The van der Waals surface area contributed by atoms with E-state index in [9.17, 15) is 5.11 Å². The Morgan fingerprint density at radius 1 is 1.31 bits per heavy atom. The van der Waals surface area contributed by atoms with Gasteiger partial charge in [0.05, 0.1) is 13.2 Å². The maximum atomic E-state index is 9.50. The Hall–Kier alpha value is -1.04. The highest BCUT2D eigenvalue weighted by Gasteiger charge is 2.23. The second-order valence-corrected chi connectivity index (χ2v) is 4.02. The number of rotatable bonds is 1. The Morgan fingerprint density at radius 2 is 2.12 bits per heavy atom. The van der Waals surface area contributed by atoms with Crippen LogP contribution in [0.1, 0.15) is 11.9 Å². The van der Waals surface area contributed by atoms with Crippen molar-refractivity contribution < 1.29 is 14.5 Å². The number of benzene rings is 1. The maximum Gasteiger partial charge on any atom is 0.334 e. The maximum absolute atomic E-state index is 9.50. The van der Waals surface area contributed by atoms with Crippen molar-refractivity contribution in [2.75, 3.05) is 31.2 Å². The molecule has 5 heteroatoms. The van der Waals surface area contributed by atoms with E-state index in [0.717, 1.165) is 43.0 Å². The standard InChI is InChI=1S/C11H13BNO3/c14-11-9-2-1-8(7-10(9)12-16-11)13-3-5-15-6-4-13/h1-2,7,11,14H,3-6H2. The van der Waals surface area contributed by atoms with Crippen LogP contribution in [-0.4, -0.2) is 38.9 Å². The van der Waals surface area contributed by atoms with E-state index in [1.807, 2.05) is 12.1 Å². The third-order valence-electron chi connectivity index (χ3n) is 3.04. The molecule has 83 valence electrons. The lowest BCUT2D eigenvalue weighted by Crippen LogP contribution is -2.36. The van der Waals surface area contributed by atoms with Gasteiger partial charge in [-0.2, -0.15) is 0 Å². The fourth-order valence-corrected chi connectivity index (χ4v) is 2.12. The molecular formula is C11H13BNO3. The van der Waals surface area contributed by atoms with E-state index in [0.29, 0.717) is 0 Å². The van der Waals surface area contributed by atoms with Crippen molar-refractivity contribution in [1.82, 2.24) is 0 Å². The lowest BCUT2D eigenvalue weighted by molar-refractivity contribution is -0.00793. The zero-order valence-electron chi connectivity index (χ0n) is 8.93. The minimum Gasteiger partial charge on any atom is -0.407 e. The summed E-state index contributed by atoms with van der Waals surface area (Å²) >= 11 is 0. The highest BCUT2D eigenvalue weighted by molar-refractivity contribution is 6.49. The zero-order valence-corrected chi connectivity index (χ0v) is 8.93. The van der Waals surface area contributed by atoms with Gasteiger partial charge in [0.2, 0.25) is 0 Å². The first kappa shape index (κ1) is 10.1. The molecule has 1 radical (unpaired) electrons. The molecule has 0 aliphatic carbocycles. The van der Waals surface area contributed by atoms with Crippen molar-refractivity contribution in [3.05, 3.63) is 23.8 Å². The smallest absolute Gasteiger partial charge is 0.334 e. The molecule has 2 aliphatic heterocycles. The topological polar surface area (TPSA) is 41.9 Å². The molecular weight excluding hydrogens is 205 g/mol. The van der Waals surface area contributed by atoms with Crippen molar-refractivity contribution in [3.8, 4) is 0 Å². The molecule has 2 heterocycles. The van der Waals surface area contributed by atoms with Crippen LogP contribution in [0.25, 0.3) is 0 Å². The number of anilines is 1. The summed E-state index contributed by atoms with van der Waals surface area (Å²) in [5, 5.41) is 9.50. The molecule has 0 aromatic heterocycles. The predicted molar refractivity (Wildman–Crippen MR) is 60.9 cm³/mol. The van der Waals surface area contributed by atoms with Crippen LogP contribution in [0.5, 0.6) is 0 Å². The summed E-state index contributed by atoms with van der Waals surface area (Å²) in [6, 6.07) is 6.00. The second kappa shape index (κ2) is 4.09. The number of hydrogen-bond acceptors (Lipinski definition) is 4. The van der Waals surface area contributed by atoms with E-state index in [-0.39, 0.29) is 0 Å². The first-order valence-electron chi connectivity index (χ1n) is 5.48. The lowest BCUT2D eigenvalue weighted by Gasteiger charge is -2.29. The summed E-state index contributed by atoms with van der Waals surface area (Å²) < 4.78 is 10.4. The fourth-order valence-electron chi connectivity index (χ4n) is 2.12. The van der Waals surface area contributed by atoms with Gasteiger partial charge in [0.1, 0.15) is 0 Å². The molecule has 1 saturated heterocycles. The number of hydrogen-bond donors (Lipinski definition) is 1. The molecule has 4 nitrogen and oxygen atoms in total. The average Bonchev–Trinajstić information content (AvgIpc) is 2.72. The molecule has 3 rings (SSSR count). The Morgan fingerprint density at radius 3 is 2.94 bits per heavy atom. The third-order valence-corrected chi connectivity index (χ3v) is 3.04. The van der Waals surface area contributed by atoms with E-state index in [4.69, 9.17) is 9.39 Å². The van der Waals surface area contributed by atoms with Crippen LogP contribution < -0.4 is 10.4 Å². The lowest BCUT2D eigenvalue weighted by atomic mass is 9.87. The zero-order chi connectivity index (χ0) is 11.0. The van der Waals surface area contributed by atoms with Gasteiger partial charge in [0, 0.05) is 24.3 Å². The molecule has 0 bridgehead atoms. The van der Waals surface area contributed by atoms with Crippen LogP contribution in [0.2, 0.25) is 0 Å². The molecule has 0 saturated carbocycles. The van der Waals surface area contributed by atoms with Gasteiger partial charge in [-0.1, -0.05) is 6.07 Å². The van der Waals surface area contributed by atoms with Crippen LogP contribution in [-0.2, 0) is 9.39 Å². The van der Waals surface area contributed by atoms with Gasteiger partial charge in [0.25, 0.3) is 0 Å². The van der Waals surface area contributed by atoms with E-state index in [1.54, 1.807) is 7.48 Å². The predicted octanol–water partition coefficient (Wildman–Crippen LogP) is -0.211. The van der Waals surface area contributed by atoms with Crippen LogP contribution >= 0.6 is 0 Å². The minimum atomic E-state index is -0.797. The monoisotopic (exact) mass is 218 g/mol. The van der Waals surface area contributed by atoms with Crippen molar-refractivity contribution >= 4 is 18.6 Å². The SMILES string of the molecule is OC1O[B]c2cc(N3CCOCC3)ccc21. The molecule has 0 amide bonds. The van der Waals surface area contributed by atoms with Crippen molar-refractivity contribution in [3.63, 3.8) is 0 Å². The molecule has 1 unspecified atom stereocenters. The number of ether oxygens (including phenoxy) is 1. The molecule has 1 aromatic carbocycles. The molecule has 0 spiro atoms. The van der Waals surface area contributed by atoms with E-state index in [2.05, 4.69) is 11.0 Å². The summed E-state index contributed by atoms with van der Waals surface area (Å²) in [7, 11) is 1.62. The normalized spacial score (nSPS) is 24.1. The van der Waals surface area contributed by atoms with E-state index < -0.39 is 6.29 Å². The fraction of sp³-hybridized carbons (Fsp3) is 0.455. The summed E-state index contributed by atoms with van der Waals surface area (Å²) in [5.41, 5.74) is 2.98. The van der Waals surface area contributed by atoms with Gasteiger partial charge in [-0.15, -0.1) is 0 Å². The van der Waals surface area contributed by atoms with Gasteiger partial charge in [-0.25, -0.2) is 0 Å². The number of aliphatic hydroxyl groups excluding tert-OH is 1. The molecule has 1 atom stereocenters. The Balaban J connectivity index is 1.86. The van der Waals surface area contributed by atoms with Crippen LogP contribution in [0.3, 0.4) is 0 Å². The number of nitrogens with zero attached hydrogens (tertiary/aromatic N) is 1. The molecule has 16 heavy (non-hydrogen) atoms. The van der Waals surface area contributed by atoms with Crippen LogP contribution in [0.15, 0.2) is 18.2 Å². The third kappa shape index (κ3) is 1.71. The van der Waals surface area contributed by atoms with Gasteiger partial charge < -0.3 is 19.4 Å². The molecule has 1 aromatic rings. The van der Waals surface area contributed by atoms with Crippen molar-refractivity contribution in [1.29, 1.82) is 0 Å². The largest absolute Gasteiger partial charge is 0.407 e. The number of fused-ring (bicyclic) bond motifs is 1. The van der Waals surface area contributed by atoms with E-state index in [1.165, 1.54) is 0 Å². The summed E-state index contributed by atoms with van der Waals surface area (Å²) in [4.78, 5) is 2.28. The van der Waals surface area contributed by atoms with Gasteiger partial charge in [0.15, 0.2) is 6.29 Å². The highest BCUT2D eigenvalue weighted by atomic mass is 16.6. The van der Waals surface area contributed by atoms with E-state index >= 15 is 0 Å². The summed E-state index contributed by atoms with van der Waals surface area (Å²) in [6.07, 6.45) is -0.797. The van der Waals surface area contributed by atoms with Crippen LogP contribution in [0, 0.1) is 0 Å². The van der Waals surface area contributed by atoms with Gasteiger partial charge >= 0.3 is 7.48 Å². The quantitative estimate of drug-likeness (QED) is 0.662. The molecule has 1 fully saturated rings. The van der Waals surface area contributed by atoms with Gasteiger partial charge in [-0.3, -0.25) is 0 Å².